The molecule has 0 radical (unpaired) electrons. The molecule has 1 aliphatic heterocycles. The molecule has 7 nitrogen and oxygen atoms in total. The average molecular weight is 521 g/mol. The van der Waals surface area contributed by atoms with Crippen LogP contribution in [0.1, 0.15) is 30.9 Å². The summed E-state index contributed by atoms with van der Waals surface area (Å²) in [4.78, 5) is 11.6. The van der Waals surface area contributed by atoms with E-state index in [2.05, 4.69) is 32.0 Å². The molecule has 198 valence electrons. The number of nitrogens with zero attached hydrogens (tertiary/aromatic N) is 3. The highest BCUT2D eigenvalue weighted by atomic mass is 16.5. The minimum atomic E-state index is 0.338. The molecular formula is C32H32N4O3. The van der Waals surface area contributed by atoms with Gasteiger partial charge in [-0.25, -0.2) is 4.98 Å². The van der Waals surface area contributed by atoms with Crippen LogP contribution in [0, 0.1) is 11.8 Å². The minimum absolute atomic E-state index is 0.338. The van der Waals surface area contributed by atoms with Gasteiger partial charge in [0.05, 0.1) is 12.8 Å². The van der Waals surface area contributed by atoms with E-state index in [0.29, 0.717) is 42.1 Å². The summed E-state index contributed by atoms with van der Waals surface area (Å²) >= 11 is 0. The summed E-state index contributed by atoms with van der Waals surface area (Å²) in [5, 5.41) is 3.25. The van der Waals surface area contributed by atoms with Crippen LogP contribution < -0.4 is 19.5 Å². The highest BCUT2D eigenvalue weighted by molar-refractivity contribution is 5.57. The summed E-state index contributed by atoms with van der Waals surface area (Å²) < 4.78 is 17.9. The van der Waals surface area contributed by atoms with Crippen molar-refractivity contribution in [3.8, 4) is 35.0 Å². The first-order valence-electron chi connectivity index (χ1n) is 13.3. The second-order valence-electron chi connectivity index (χ2n) is 9.06. The quantitative estimate of drug-likeness (QED) is 0.247. The zero-order valence-electron chi connectivity index (χ0n) is 22.1. The fraction of sp³-hybridized carbons (Fsp3) is 0.250. The van der Waals surface area contributed by atoms with Crippen molar-refractivity contribution in [3.05, 3.63) is 96.2 Å². The molecule has 4 aromatic rings. The lowest BCUT2D eigenvalue weighted by Crippen LogP contribution is -2.25. The van der Waals surface area contributed by atoms with Gasteiger partial charge in [0.1, 0.15) is 17.9 Å². The Kier molecular flexibility index (Phi) is 8.90. The number of para-hydroxylation sites is 2. The first kappa shape index (κ1) is 26.1. The van der Waals surface area contributed by atoms with Crippen LogP contribution in [0.4, 0.5) is 11.6 Å². The highest BCUT2D eigenvalue weighted by Crippen LogP contribution is 2.32. The number of aromatic nitrogens is 2. The first-order valence-corrected chi connectivity index (χ1v) is 13.3. The lowest BCUT2D eigenvalue weighted by molar-refractivity contribution is 0.238. The maximum absolute atomic E-state index is 6.22. The highest BCUT2D eigenvalue weighted by Gasteiger charge is 2.13. The van der Waals surface area contributed by atoms with Gasteiger partial charge in [0, 0.05) is 17.8 Å². The molecule has 1 fully saturated rings. The number of anilines is 2. The maximum Gasteiger partial charge on any atom is 0.240 e. The Labute approximate surface area is 229 Å². The molecule has 7 heteroatoms. The third kappa shape index (κ3) is 7.50. The molecule has 0 atom stereocenters. The standard InChI is InChI=1S/C32H32N4O3/c1-2-37-29-12-6-7-13-30(29)39-31-26(15-14-25-10-4-3-5-11-25)24-33-32(35-31)34-27-16-18-28(19-17-27)38-23-22-36-20-8-9-21-36/h3-7,10-13,16-19,24H,2,8-9,20-23H2,1H3,(H,33,34,35). The van der Waals surface area contributed by atoms with Crippen molar-refractivity contribution in [2.45, 2.75) is 19.8 Å². The van der Waals surface area contributed by atoms with Crippen LogP contribution in [-0.2, 0) is 0 Å². The third-order valence-corrected chi connectivity index (χ3v) is 6.21. The summed E-state index contributed by atoms with van der Waals surface area (Å²) in [7, 11) is 0. The molecule has 0 bridgehead atoms. The number of likely N-dealkylation sites (tertiary alicyclic amines) is 1. The fourth-order valence-electron chi connectivity index (χ4n) is 4.23. The van der Waals surface area contributed by atoms with Crippen molar-refractivity contribution in [1.82, 2.24) is 14.9 Å². The average Bonchev–Trinajstić information content (AvgIpc) is 3.49. The lowest BCUT2D eigenvalue weighted by atomic mass is 10.2. The van der Waals surface area contributed by atoms with Gasteiger partial charge in [-0.1, -0.05) is 42.2 Å². The van der Waals surface area contributed by atoms with E-state index >= 15 is 0 Å². The molecule has 2 heterocycles. The van der Waals surface area contributed by atoms with Gasteiger partial charge >= 0.3 is 0 Å². The van der Waals surface area contributed by atoms with E-state index in [-0.39, 0.29) is 0 Å². The van der Waals surface area contributed by atoms with E-state index in [9.17, 15) is 0 Å². The Morgan fingerprint density at radius 1 is 0.846 bits per heavy atom. The zero-order valence-corrected chi connectivity index (χ0v) is 22.1. The molecule has 39 heavy (non-hydrogen) atoms. The third-order valence-electron chi connectivity index (χ3n) is 6.21. The predicted molar refractivity (Wildman–Crippen MR) is 153 cm³/mol. The van der Waals surface area contributed by atoms with Gasteiger partial charge in [0.2, 0.25) is 11.8 Å². The van der Waals surface area contributed by atoms with Crippen molar-refractivity contribution < 1.29 is 14.2 Å². The van der Waals surface area contributed by atoms with Crippen molar-refractivity contribution in [2.24, 2.45) is 0 Å². The number of hydrogen-bond acceptors (Lipinski definition) is 7. The van der Waals surface area contributed by atoms with E-state index in [0.717, 1.165) is 23.5 Å². The molecule has 0 aliphatic carbocycles. The smallest absolute Gasteiger partial charge is 0.240 e. The molecule has 0 saturated carbocycles. The van der Waals surface area contributed by atoms with Gasteiger partial charge in [0.15, 0.2) is 11.5 Å². The molecular weight excluding hydrogens is 488 g/mol. The maximum atomic E-state index is 6.22. The zero-order chi connectivity index (χ0) is 26.7. The van der Waals surface area contributed by atoms with Gasteiger partial charge < -0.3 is 19.5 Å². The topological polar surface area (TPSA) is 68.7 Å². The molecule has 1 saturated heterocycles. The van der Waals surface area contributed by atoms with E-state index in [4.69, 9.17) is 14.2 Å². The monoisotopic (exact) mass is 520 g/mol. The van der Waals surface area contributed by atoms with Crippen LogP contribution in [0.15, 0.2) is 85.1 Å². The van der Waals surface area contributed by atoms with E-state index in [1.165, 1.54) is 25.9 Å². The van der Waals surface area contributed by atoms with Gasteiger partial charge in [0.25, 0.3) is 0 Å². The second kappa shape index (κ2) is 13.3. The summed E-state index contributed by atoms with van der Waals surface area (Å²) in [5.41, 5.74) is 2.30. The van der Waals surface area contributed by atoms with E-state index in [1.54, 1.807) is 6.20 Å². The van der Waals surface area contributed by atoms with E-state index < -0.39 is 0 Å². The van der Waals surface area contributed by atoms with Crippen molar-refractivity contribution in [2.75, 3.05) is 38.2 Å². The Morgan fingerprint density at radius 2 is 1.59 bits per heavy atom. The SMILES string of the molecule is CCOc1ccccc1Oc1nc(Nc2ccc(OCCN3CCCC3)cc2)ncc1C#Cc1ccccc1. The number of benzene rings is 3. The van der Waals surface area contributed by atoms with Gasteiger partial charge in [-0.05, 0) is 81.4 Å². The lowest BCUT2D eigenvalue weighted by Gasteiger charge is -2.15. The van der Waals surface area contributed by atoms with Crippen LogP contribution in [0.5, 0.6) is 23.1 Å². The van der Waals surface area contributed by atoms with Crippen molar-refractivity contribution in [1.29, 1.82) is 0 Å². The number of ether oxygens (including phenoxy) is 3. The Bertz CT molecular complexity index is 1410. The molecule has 0 amide bonds. The number of rotatable bonds is 10. The molecule has 0 unspecified atom stereocenters. The number of nitrogens with one attached hydrogen (secondary N) is 1. The number of hydrogen-bond donors (Lipinski definition) is 1. The molecule has 5 rings (SSSR count). The van der Waals surface area contributed by atoms with Crippen LogP contribution in [0.2, 0.25) is 0 Å². The second-order valence-corrected chi connectivity index (χ2v) is 9.06. The Morgan fingerprint density at radius 3 is 2.36 bits per heavy atom. The summed E-state index contributed by atoms with van der Waals surface area (Å²) in [6, 6.07) is 25.1. The van der Waals surface area contributed by atoms with Crippen LogP contribution in [0.3, 0.4) is 0 Å². The largest absolute Gasteiger partial charge is 0.492 e. The van der Waals surface area contributed by atoms with Gasteiger partial charge in [-0.3, -0.25) is 4.90 Å². The predicted octanol–water partition coefficient (Wildman–Crippen LogP) is 6.29. The fourth-order valence-corrected chi connectivity index (χ4v) is 4.23. The van der Waals surface area contributed by atoms with E-state index in [1.807, 2.05) is 85.8 Å². The van der Waals surface area contributed by atoms with Crippen molar-refractivity contribution in [3.63, 3.8) is 0 Å². The molecule has 1 aromatic heterocycles. The first-order chi connectivity index (χ1) is 19.3. The summed E-state index contributed by atoms with van der Waals surface area (Å²) in [6.45, 7) is 6.45. The minimum Gasteiger partial charge on any atom is -0.492 e. The normalized spacial score (nSPS) is 12.8. The molecule has 1 aliphatic rings. The molecule has 3 aromatic carbocycles. The van der Waals surface area contributed by atoms with Crippen molar-refractivity contribution >= 4 is 11.6 Å². The van der Waals surface area contributed by atoms with Gasteiger partial charge in [-0.2, -0.15) is 4.98 Å². The summed E-state index contributed by atoms with van der Waals surface area (Å²) in [6.07, 6.45) is 4.24. The Balaban J connectivity index is 1.32. The Hall–Kier alpha value is -4.54. The van der Waals surface area contributed by atoms with Crippen LogP contribution >= 0.6 is 0 Å². The molecule has 0 spiro atoms. The van der Waals surface area contributed by atoms with Crippen LogP contribution in [-0.4, -0.2) is 47.7 Å². The molecule has 1 N–H and O–H groups in total. The summed E-state index contributed by atoms with van der Waals surface area (Å²) in [5.74, 6) is 9.07. The van der Waals surface area contributed by atoms with Crippen LogP contribution in [0.25, 0.3) is 0 Å². The van der Waals surface area contributed by atoms with Gasteiger partial charge in [-0.15, -0.1) is 0 Å².